The Labute approximate surface area is 156 Å². The number of aromatic nitrogens is 1. The number of hydrogen-bond donors (Lipinski definition) is 0. The van der Waals surface area contributed by atoms with Crippen LogP contribution in [0.1, 0.15) is 49.6 Å². The van der Waals surface area contributed by atoms with Crippen LogP contribution in [0.5, 0.6) is 0 Å². The van der Waals surface area contributed by atoms with E-state index in [1.54, 1.807) is 6.08 Å². The van der Waals surface area contributed by atoms with Crippen molar-refractivity contribution in [2.75, 3.05) is 19.7 Å². The van der Waals surface area contributed by atoms with Gasteiger partial charge in [0.25, 0.3) is 5.91 Å². The third kappa shape index (κ3) is 4.02. The Morgan fingerprint density at radius 1 is 1.38 bits per heavy atom. The molecule has 2 atom stereocenters. The fourth-order valence-electron chi connectivity index (χ4n) is 4.09. The summed E-state index contributed by atoms with van der Waals surface area (Å²) in [5.41, 5.74) is 3.41. The van der Waals surface area contributed by atoms with Crippen LogP contribution in [0.3, 0.4) is 0 Å². The van der Waals surface area contributed by atoms with Gasteiger partial charge in [-0.1, -0.05) is 6.92 Å². The minimum Gasteiger partial charge on any atom is -0.376 e. The predicted octanol–water partition coefficient (Wildman–Crippen LogP) is 3.45. The van der Waals surface area contributed by atoms with Gasteiger partial charge in [0.05, 0.1) is 6.10 Å². The van der Waals surface area contributed by atoms with E-state index >= 15 is 0 Å². The van der Waals surface area contributed by atoms with E-state index in [2.05, 4.69) is 37.5 Å². The topological polar surface area (TPSA) is 58.3 Å². The molecule has 2 fully saturated rings. The number of nitriles is 1. The van der Waals surface area contributed by atoms with E-state index in [9.17, 15) is 10.1 Å². The van der Waals surface area contributed by atoms with Crippen molar-refractivity contribution < 1.29 is 9.53 Å². The van der Waals surface area contributed by atoms with Gasteiger partial charge in [-0.25, -0.2) is 0 Å². The van der Waals surface area contributed by atoms with Crippen LogP contribution in [0.25, 0.3) is 6.08 Å². The molecule has 26 heavy (non-hydrogen) atoms. The second kappa shape index (κ2) is 8.09. The molecule has 2 unspecified atom stereocenters. The number of piperidine rings is 1. The van der Waals surface area contributed by atoms with E-state index in [0.717, 1.165) is 68.9 Å². The van der Waals surface area contributed by atoms with Crippen LogP contribution in [-0.2, 0) is 16.1 Å². The van der Waals surface area contributed by atoms with Gasteiger partial charge in [0.15, 0.2) is 0 Å². The Balaban J connectivity index is 1.80. The van der Waals surface area contributed by atoms with Crippen molar-refractivity contribution in [1.29, 1.82) is 5.26 Å². The molecule has 5 heteroatoms. The van der Waals surface area contributed by atoms with Crippen molar-refractivity contribution in [2.24, 2.45) is 5.92 Å². The first-order valence-corrected chi connectivity index (χ1v) is 9.69. The average molecular weight is 355 g/mol. The lowest BCUT2D eigenvalue weighted by molar-refractivity contribution is -0.128. The number of carbonyl (C=O) groups excluding carboxylic acids is 1. The number of nitrogens with zero attached hydrogens (tertiary/aromatic N) is 3. The van der Waals surface area contributed by atoms with E-state index in [1.807, 2.05) is 4.90 Å². The van der Waals surface area contributed by atoms with Crippen molar-refractivity contribution in [3.63, 3.8) is 0 Å². The van der Waals surface area contributed by atoms with E-state index < -0.39 is 0 Å². The number of hydrogen-bond acceptors (Lipinski definition) is 3. The van der Waals surface area contributed by atoms with Gasteiger partial charge in [-0.2, -0.15) is 5.26 Å². The van der Waals surface area contributed by atoms with Gasteiger partial charge >= 0.3 is 0 Å². The molecular formula is C21H29N3O2. The second-order valence-corrected chi connectivity index (χ2v) is 7.74. The Bertz CT molecular complexity index is 735. The summed E-state index contributed by atoms with van der Waals surface area (Å²) in [5, 5.41) is 9.56. The van der Waals surface area contributed by atoms with Crippen molar-refractivity contribution in [3.8, 4) is 6.07 Å². The molecule has 1 aromatic heterocycles. The molecular weight excluding hydrogens is 326 g/mol. The summed E-state index contributed by atoms with van der Waals surface area (Å²) in [4.78, 5) is 14.6. The van der Waals surface area contributed by atoms with Gasteiger partial charge in [0, 0.05) is 37.6 Å². The van der Waals surface area contributed by atoms with Gasteiger partial charge < -0.3 is 14.2 Å². The van der Waals surface area contributed by atoms with Gasteiger partial charge in [0.2, 0.25) is 0 Å². The van der Waals surface area contributed by atoms with Crippen LogP contribution in [0.15, 0.2) is 11.6 Å². The van der Waals surface area contributed by atoms with Crippen molar-refractivity contribution in [2.45, 2.75) is 59.1 Å². The molecule has 5 nitrogen and oxygen atoms in total. The highest BCUT2D eigenvalue weighted by atomic mass is 16.5. The van der Waals surface area contributed by atoms with Crippen molar-refractivity contribution in [3.05, 3.63) is 28.6 Å². The maximum absolute atomic E-state index is 12.8. The Kier molecular flexibility index (Phi) is 5.83. The summed E-state index contributed by atoms with van der Waals surface area (Å²) < 4.78 is 8.00. The largest absolute Gasteiger partial charge is 0.376 e. The zero-order chi connectivity index (χ0) is 18.7. The van der Waals surface area contributed by atoms with Gasteiger partial charge in [0.1, 0.15) is 11.6 Å². The van der Waals surface area contributed by atoms with Crippen LogP contribution < -0.4 is 0 Å². The summed E-state index contributed by atoms with van der Waals surface area (Å²) in [6.45, 7) is 9.46. The molecule has 0 N–H and O–H groups in total. The number of likely N-dealkylation sites (tertiary alicyclic amines) is 1. The summed E-state index contributed by atoms with van der Waals surface area (Å²) in [6.07, 6.45) is 6.41. The summed E-state index contributed by atoms with van der Waals surface area (Å²) >= 11 is 0. The third-order valence-electron chi connectivity index (χ3n) is 5.62. The third-order valence-corrected chi connectivity index (χ3v) is 5.62. The summed E-state index contributed by atoms with van der Waals surface area (Å²) in [6, 6.07) is 4.19. The van der Waals surface area contributed by atoms with E-state index in [-0.39, 0.29) is 17.6 Å². The summed E-state index contributed by atoms with van der Waals surface area (Å²) in [5.74, 6) is 0.368. The lowest BCUT2D eigenvalue weighted by atomic mass is 9.99. The van der Waals surface area contributed by atoms with E-state index in [1.165, 1.54) is 0 Å². The molecule has 140 valence electrons. The smallest absolute Gasteiger partial charge is 0.264 e. The van der Waals surface area contributed by atoms with E-state index in [4.69, 9.17) is 4.74 Å². The molecule has 0 aromatic carbocycles. The molecule has 3 heterocycles. The van der Waals surface area contributed by atoms with Crippen LogP contribution in [0, 0.1) is 31.1 Å². The quantitative estimate of drug-likeness (QED) is 0.614. The molecule has 0 spiro atoms. The molecule has 3 rings (SSSR count). The standard InChI is InChI=1S/C21H29N3O2/c1-15-6-4-8-23(13-15)21(25)19(12-22)11-18-10-16(2)24(17(18)3)14-20-7-5-9-26-20/h10-11,15,20H,4-9,13-14H2,1-3H3/b19-11+. The van der Waals surface area contributed by atoms with Gasteiger partial charge in [-0.05, 0) is 63.2 Å². The average Bonchev–Trinajstić information content (AvgIpc) is 3.23. The lowest BCUT2D eigenvalue weighted by Crippen LogP contribution is -2.39. The van der Waals surface area contributed by atoms with Gasteiger partial charge in [-0.15, -0.1) is 0 Å². The van der Waals surface area contributed by atoms with E-state index in [0.29, 0.717) is 5.92 Å². The molecule has 0 bridgehead atoms. The van der Waals surface area contributed by atoms with Crippen molar-refractivity contribution in [1.82, 2.24) is 9.47 Å². The number of rotatable bonds is 4. The van der Waals surface area contributed by atoms with Crippen LogP contribution in [-0.4, -0.2) is 41.2 Å². The summed E-state index contributed by atoms with van der Waals surface area (Å²) in [7, 11) is 0. The maximum atomic E-state index is 12.8. The molecule has 2 aliphatic rings. The predicted molar refractivity (Wildman–Crippen MR) is 101 cm³/mol. The Hall–Kier alpha value is -2.06. The zero-order valence-electron chi connectivity index (χ0n) is 16.1. The Morgan fingerprint density at radius 3 is 2.85 bits per heavy atom. The normalized spacial score (nSPS) is 23.9. The number of ether oxygens (including phenoxy) is 1. The minimum absolute atomic E-state index is 0.136. The van der Waals surface area contributed by atoms with Crippen molar-refractivity contribution >= 4 is 12.0 Å². The molecule has 1 amide bonds. The molecule has 0 radical (unpaired) electrons. The highest BCUT2D eigenvalue weighted by molar-refractivity contribution is 6.01. The first-order chi connectivity index (χ1) is 12.5. The minimum atomic E-state index is -0.136. The molecule has 0 aliphatic carbocycles. The molecule has 1 aromatic rings. The highest BCUT2D eigenvalue weighted by Gasteiger charge is 2.24. The fourth-order valence-corrected chi connectivity index (χ4v) is 4.09. The lowest BCUT2D eigenvalue weighted by Gasteiger charge is -2.30. The molecule has 2 saturated heterocycles. The zero-order valence-corrected chi connectivity index (χ0v) is 16.1. The molecule has 2 aliphatic heterocycles. The van der Waals surface area contributed by atoms with Crippen LogP contribution in [0.2, 0.25) is 0 Å². The monoisotopic (exact) mass is 355 g/mol. The van der Waals surface area contributed by atoms with Gasteiger partial charge in [-0.3, -0.25) is 4.79 Å². The Morgan fingerprint density at radius 2 is 2.19 bits per heavy atom. The number of carbonyl (C=O) groups is 1. The first-order valence-electron chi connectivity index (χ1n) is 9.69. The first kappa shape index (κ1) is 18.7. The van der Waals surface area contributed by atoms with Crippen LogP contribution in [0.4, 0.5) is 0 Å². The molecule has 0 saturated carbocycles. The van der Waals surface area contributed by atoms with Crippen LogP contribution >= 0.6 is 0 Å². The maximum Gasteiger partial charge on any atom is 0.264 e. The number of aryl methyl sites for hydroxylation is 1. The second-order valence-electron chi connectivity index (χ2n) is 7.74. The number of amides is 1. The SMILES string of the molecule is Cc1cc(/C=C(\C#N)C(=O)N2CCCC(C)C2)c(C)n1CC1CCCO1. The highest BCUT2D eigenvalue weighted by Crippen LogP contribution is 2.23. The fraction of sp³-hybridized carbons (Fsp3) is 0.619.